The van der Waals surface area contributed by atoms with Crippen LogP contribution in [-0.2, 0) is 19.7 Å². The largest absolute Gasteiger partial charge is 0.534 e. The zero-order chi connectivity index (χ0) is 33.7. The van der Waals surface area contributed by atoms with Gasteiger partial charge in [0.15, 0.2) is 0 Å². The SMILES string of the molecule is C[C@H](NC(=O)[C@@H]1C[C@H]2C[C@H]2N1C(=O)CNC(=O)c1ccc2cc(F)ccc2n1)c1cc(OS(=O)(=O)C(F)(F)F)ccc1/C=C/C1CC1. The summed E-state index contributed by atoms with van der Waals surface area (Å²) in [6, 6.07) is 8.76. The zero-order valence-corrected chi connectivity index (χ0v) is 25.8. The van der Waals surface area contributed by atoms with Crippen LogP contribution in [0, 0.1) is 17.7 Å². The van der Waals surface area contributed by atoms with E-state index in [4.69, 9.17) is 0 Å². The number of hydrogen-bond acceptors (Lipinski definition) is 7. The van der Waals surface area contributed by atoms with Gasteiger partial charge in [0.1, 0.15) is 23.3 Å². The number of amides is 3. The summed E-state index contributed by atoms with van der Waals surface area (Å²) < 4.78 is 79.9. The normalized spacial score (nSPS) is 21.4. The molecular weight excluding hydrogens is 644 g/mol. The minimum Gasteiger partial charge on any atom is -0.376 e. The lowest BCUT2D eigenvalue weighted by atomic mass is 9.99. The van der Waals surface area contributed by atoms with E-state index in [0.29, 0.717) is 40.8 Å². The predicted molar refractivity (Wildman–Crippen MR) is 162 cm³/mol. The van der Waals surface area contributed by atoms with Crippen molar-refractivity contribution in [2.45, 2.75) is 56.2 Å². The van der Waals surface area contributed by atoms with E-state index in [1.54, 1.807) is 19.1 Å². The van der Waals surface area contributed by atoms with Crippen molar-refractivity contribution in [1.82, 2.24) is 20.5 Å². The third kappa shape index (κ3) is 7.09. The van der Waals surface area contributed by atoms with Crippen molar-refractivity contribution in [3.8, 4) is 5.75 Å². The van der Waals surface area contributed by atoms with E-state index in [9.17, 15) is 40.4 Å². The van der Waals surface area contributed by atoms with Gasteiger partial charge in [0.2, 0.25) is 11.8 Å². The van der Waals surface area contributed by atoms with Crippen molar-refractivity contribution in [1.29, 1.82) is 0 Å². The number of alkyl halides is 3. The number of carbonyl (C=O) groups excluding carboxylic acids is 3. The van der Waals surface area contributed by atoms with E-state index in [2.05, 4.69) is 19.8 Å². The second-order valence-corrected chi connectivity index (χ2v) is 13.6. The predicted octanol–water partition coefficient (Wildman–Crippen LogP) is 4.62. The number of nitrogens with zero attached hydrogens (tertiary/aromatic N) is 2. The molecule has 3 aliphatic rings. The fourth-order valence-corrected chi connectivity index (χ4v) is 6.28. The van der Waals surface area contributed by atoms with Gasteiger partial charge < -0.3 is 19.7 Å². The molecule has 0 radical (unpaired) electrons. The Hall–Kier alpha value is -4.53. The molecule has 2 aromatic carbocycles. The molecule has 2 heterocycles. The first-order valence-corrected chi connectivity index (χ1v) is 16.4. The van der Waals surface area contributed by atoms with Crippen molar-refractivity contribution in [3.63, 3.8) is 0 Å². The number of pyridine rings is 1. The molecule has 10 nitrogen and oxygen atoms in total. The number of rotatable bonds is 10. The quantitative estimate of drug-likeness (QED) is 0.182. The number of allylic oxidation sites excluding steroid dienone is 1. The summed E-state index contributed by atoms with van der Waals surface area (Å²) in [5.41, 5.74) is -4.31. The summed E-state index contributed by atoms with van der Waals surface area (Å²) in [4.78, 5) is 45.3. The van der Waals surface area contributed by atoms with Crippen molar-refractivity contribution < 1.29 is 44.5 Å². The molecule has 3 fully saturated rings. The van der Waals surface area contributed by atoms with Gasteiger partial charge in [-0.3, -0.25) is 14.4 Å². The molecule has 248 valence electrons. The summed E-state index contributed by atoms with van der Waals surface area (Å²) >= 11 is 0. The van der Waals surface area contributed by atoms with Gasteiger partial charge in [-0.15, -0.1) is 0 Å². The third-order valence-corrected chi connectivity index (χ3v) is 9.50. The lowest BCUT2D eigenvalue weighted by Gasteiger charge is -2.28. The number of likely N-dealkylation sites (tertiary alicyclic amines) is 1. The molecule has 2 aliphatic carbocycles. The summed E-state index contributed by atoms with van der Waals surface area (Å²) in [7, 11) is -5.91. The Morgan fingerprint density at radius 3 is 2.57 bits per heavy atom. The van der Waals surface area contributed by atoms with E-state index in [-0.39, 0.29) is 17.7 Å². The smallest absolute Gasteiger partial charge is 0.376 e. The Morgan fingerprint density at radius 2 is 1.85 bits per heavy atom. The lowest BCUT2D eigenvalue weighted by Crippen LogP contribution is -2.51. The Labute approximate surface area is 267 Å². The Bertz CT molecular complexity index is 1900. The molecule has 0 unspecified atom stereocenters. The maximum Gasteiger partial charge on any atom is 0.534 e. The molecule has 3 amide bonds. The molecule has 47 heavy (non-hydrogen) atoms. The lowest BCUT2D eigenvalue weighted by molar-refractivity contribution is -0.139. The van der Waals surface area contributed by atoms with E-state index in [0.717, 1.165) is 25.0 Å². The highest BCUT2D eigenvalue weighted by molar-refractivity contribution is 7.88. The van der Waals surface area contributed by atoms with Crippen LogP contribution in [-0.4, -0.2) is 60.2 Å². The van der Waals surface area contributed by atoms with E-state index in [1.807, 2.05) is 6.08 Å². The van der Waals surface area contributed by atoms with E-state index in [1.165, 1.54) is 35.2 Å². The fourth-order valence-electron chi connectivity index (χ4n) is 5.83. The molecule has 2 saturated carbocycles. The maximum absolute atomic E-state index is 13.5. The van der Waals surface area contributed by atoms with Gasteiger partial charge in [-0.1, -0.05) is 24.3 Å². The van der Waals surface area contributed by atoms with Crippen molar-refractivity contribution >= 4 is 44.8 Å². The standard InChI is InChI=1S/C32H30F4N4O6S/c1-17(24-15-23(46-47(44,45)32(34,35)36)9-6-19(24)5-4-18-2-3-18)38-31(43)28-14-21-13-27(21)40(28)29(41)16-37-30(42)26-10-7-20-12-22(33)8-11-25(20)39-26/h4-12,15,17-18,21,27-28H,2-3,13-14,16H2,1H3,(H,37,42)(H,38,43)/b5-4+/t17-,21+,27+,28-/m0/s1. The topological polar surface area (TPSA) is 135 Å². The van der Waals surface area contributed by atoms with Gasteiger partial charge >= 0.3 is 15.6 Å². The van der Waals surface area contributed by atoms with Crippen LogP contribution in [0.1, 0.15) is 60.3 Å². The maximum atomic E-state index is 13.5. The van der Waals surface area contributed by atoms with Gasteiger partial charge in [0.05, 0.1) is 18.1 Å². The van der Waals surface area contributed by atoms with Crippen molar-refractivity contribution in [3.05, 3.63) is 77.2 Å². The summed E-state index contributed by atoms with van der Waals surface area (Å²) in [6.07, 6.45) is 6.81. The molecule has 1 aromatic heterocycles. The first-order valence-electron chi connectivity index (χ1n) is 15.0. The number of hydrogen-bond donors (Lipinski definition) is 2. The number of carbonyl (C=O) groups is 3. The van der Waals surface area contributed by atoms with Crippen LogP contribution in [0.2, 0.25) is 0 Å². The molecule has 15 heteroatoms. The van der Waals surface area contributed by atoms with Gasteiger partial charge in [-0.25, -0.2) is 9.37 Å². The molecular formula is C32H30F4N4O6S. The van der Waals surface area contributed by atoms with Crippen LogP contribution in [0.25, 0.3) is 17.0 Å². The number of aromatic nitrogens is 1. The summed E-state index contributed by atoms with van der Waals surface area (Å²) in [5, 5.41) is 5.87. The molecule has 3 aromatic rings. The van der Waals surface area contributed by atoms with Crippen LogP contribution in [0.5, 0.6) is 5.75 Å². The molecule has 0 bridgehead atoms. The van der Waals surface area contributed by atoms with Gasteiger partial charge in [-0.2, -0.15) is 21.6 Å². The van der Waals surface area contributed by atoms with Gasteiger partial charge in [0, 0.05) is 11.4 Å². The highest BCUT2D eigenvalue weighted by Gasteiger charge is 2.56. The van der Waals surface area contributed by atoms with Crippen LogP contribution < -0.4 is 14.8 Å². The molecule has 1 aliphatic heterocycles. The fraction of sp³-hybridized carbons (Fsp3) is 0.375. The number of nitrogens with one attached hydrogen (secondary N) is 2. The number of benzene rings is 2. The van der Waals surface area contributed by atoms with E-state index < -0.39 is 63.5 Å². The number of halogens is 4. The molecule has 1 saturated heterocycles. The third-order valence-electron chi connectivity index (χ3n) is 8.52. The highest BCUT2D eigenvalue weighted by Crippen LogP contribution is 2.48. The zero-order valence-electron chi connectivity index (χ0n) is 25.0. The summed E-state index contributed by atoms with van der Waals surface area (Å²) in [5.74, 6) is -2.12. The molecule has 0 spiro atoms. The van der Waals surface area contributed by atoms with Crippen LogP contribution in [0.3, 0.4) is 0 Å². The Morgan fingerprint density at radius 1 is 1.09 bits per heavy atom. The minimum absolute atomic E-state index is 0.0338. The average Bonchev–Trinajstić information content (AvgIpc) is 3.95. The average molecular weight is 675 g/mol. The van der Waals surface area contributed by atoms with Crippen LogP contribution >= 0.6 is 0 Å². The number of piperidine rings is 1. The van der Waals surface area contributed by atoms with Crippen LogP contribution in [0.15, 0.2) is 54.6 Å². The molecule has 2 N–H and O–H groups in total. The first kappa shape index (κ1) is 32.4. The highest BCUT2D eigenvalue weighted by atomic mass is 32.2. The molecule has 4 atom stereocenters. The van der Waals surface area contributed by atoms with Crippen molar-refractivity contribution in [2.24, 2.45) is 11.8 Å². The second-order valence-electron chi connectivity index (χ2n) is 12.0. The van der Waals surface area contributed by atoms with Gasteiger partial charge in [0.25, 0.3) is 5.91 Å². The van der Waals surface area contributed by atoms with Gasteiger partial charge in [-0.05, 0) is 92.0 Å². The molecule has 6 rings (SSSR count). The second kappa shape index (κ2) is 12.2. The minimum atomic E-state index is -5.91. The van der Waals surface area contributed by atoms with Crippen LogP contribution in [0.4, 0.5) is 17.6 Å². The van der Waals surface area contributed by atoms with Crippen molar-refractivity contribution in [2.75, 3.05) is 6.54 Å². The summed E-state index contributed by atoms with van der Waals surface area (Å²) in [6.45, 7) is 1.20. The monoisotopic (exact) mass is 674 g/mol. The Balaban J connectivity index is 1.14. The Kier molecular flexibility index (Phi) is 8.45. The first-order chi connectivity index (χ1) is 22.2. The number of fused-ring (bicyclic) bond motifs is 2. The van der Waals surface area contributed by atoms with E-state index >= 15 is 0 Å².